The lowest BCUT2D eigenvalue weighted by Crippen LogP contribution is -2.73. The summed E-state index contributed by atoms with van der Waals surface area (Å²) in [5, 5.41) is 62.4. The highest BCUT2D eigenvalue weighted by molar-refractivity contribution is 5.97. The quantitative estimate of drug-likeness (QED) is 0.182. The van der Waals surface area contributed by atoms with Gasteiger partial charge in [-0.3, -0.25) is 28.8 Å². The number of rotatable bonds is 7. The van der Waals surface area contributed by atoms with Gasteiger partial charge in [0.25, 0.3) is 0 Å². The molecule has 0 radical (unpaired) electrons. The first-order valence-electron chi connectivity index (χ1n) is 23.3. The molecule has 5 N–H and O–H groups in total. The number of ether oxygens (including phenoxy) is 4. The minimum atomic E-state index is -2.08. The van der Waals surface area contributed by atoms with Gasteiger partial charge >= 0.3 is 23.9 Å². The average molecular weight is 887 g/mol. The van der Waals surface area contributed by atoms with Gasteiger partial charge in [-0.15, -0.1) is 0 Å². The van der Waals surface area contributed by atoms with Crippen molar-refractivity contribution in [3.05, 3.63) is 0 Å². The third kappa shape index (κ3) is 6.12. The average Bonchev–Trinajstić information content (AvgIpc) is 3.46. The predicted molar refractivity (Wildman–Crippen MR) is 220 cm³/mol. The van der Waals surface area contributed by atoms with Gasteiger partial charge in [-0.05, 0) is 86.9 Å². The molecule has 15 heteroatoms. The highest BCUT2D eigenvalue weighted by Crippen LogP contribution is 2.75. The van der Waals surface area contributed by atoms with Crippen molar-refractivity contribution in [1.82, 2.24) is 0 Å². The van der Waals surface area contributed by atoms with Crippen LogP contribution in [0.25, 0.3) is 0 Å². The molecular weight excluding hydrogens is 817 g/mol. The van der Waals surface area contributed by atoms with E-state index in [2.05, 4.69) is 0 Å². The van der Waals surface area contributed by atoms with Crippen molar-refractivity contribution in [3.8, 4) is 0 Å². The van der Waals surface area contributed by atoms with E-state index in [-0.39, 0.29) is 44.3 Å². The molecule has 0 aromatic carbocycles. The minimum absolute atomic E-state index is 0.0197. The molecule has 2 spiro atoms. The Labute approximate surface area is 369 Å². The number of hydrogen-bond donors (Lipinski definition) is 5. The van der Waals surface area contributed by atoms with E-state index in [0.29, 0.717) is 25.7 Å². The monoisotopic (exact) mass is 886 g/mol. The maximum Gasteiger partial charge on any atom is 0.303 e. The number of esters is 4. The number of hydrogen-bond acceptors (Lipinski definition) is 15. The summed E-state index contributed by atoms with van der Waals surface area (Å²) >= 11 is 0. The molecule has 4 bridgehead atoms. The van der Waals surface area contributed by atoms with E-state index in [1.807, 2.05) is 41.5 Å². The van der Waals surface area contributed by atoms with Gasteiger partial charge in [-0.25, -0.2) is 0 Å². The van der Waals surface area contributed by atoms with Gasteiger partial charge in [0.15, 0.2) is 5.78 Å². The molecule has 20 atom stereocenters. The summed E-state index contributed by atoms with van der Waals surface area (Å²) in [7, 11) is 0. The molecule has 0 amide bonds. The molecule has 0 saturated heterocycles. The fourth-order valence-corrected chi connectivity index (χ4v) is 17.9. The Bertz CT molecular complexity index is 1960. The smallest absolute Gasteiger partial charge is 0.303 e. The van der Waals surface area contributed by atoms with E-state index >= 15 is 9.59 Å². The van der Waals surface area contributed by atoms with Crippen LogP contribution in [-0.2, 0) is 47.7 Å². The molecular formula is C48H70O15. The van der Waals surface area contributed by atoms with E-state index in [1.165, 1.54) is 27.7 Å². The first kappa shape index (κ1) is 46.5. The lowest BCUT2D eigenvalue weighted by molar-refractivity contribution is -0.282. The van der Waals surface area contributed by atoms with Crippen LogP contribution in [0.4, 0.5) is 0 Å². The maximum atomic E-state index is 15.4. The molecule has 20 unspecified atom stereocenters. The zero-order valence-corrected chi connectivity index (χ0v) is 38.5. The number of carbonyl (C=O) groups excluding carboxylic acids is 6. The Morgan fingerprint density at radius 2 is 1.03 bits per heavy atom. The number of ketones is 2. The molecule has 0 aromatic rings. The van der Waals surface area contributed by atoms with E-state index in [0.717, 1.165) is 0 Å². The third-order valence-electron chi connectivity index (χ3n) is 19.4. The van der Waals surface area contributed by atoms with Gasteiger partial charge in [0, 0.05) is 68.1 Å². The van der Waals surface area contributed by atoms with Gasteiger partial charge in [-0.1, -0.05) is 41.5 Å². The van der Waals surface area contributed by atoms with Crippen molar-refractivity contribution in [2.75, 3.05) is 0 Å². The fourth-order valence-electron chi connectivity index (χ4n) is 17.9. The van der Waals surface area contributed by atoms with Crippen LogP contribution in [0, 0.1) is 73.9 Å². The third-order valence-corrected chi connectivity index (χ3v) is 19.4. The standard InChI is InChI=1S/C48H70O15/c1-21(49)60-30-12-14-44(9)34-28(53)17-25-19-46(34,39(56)32(62-23(3)51)36(44)42(30,5)6)38(55)27(25)11-16-48(59)26-18-29(54)35-45(10)15-13-31(61-22(2)50)43(7,8)37(45)33(63-24(4)52)40(57)47(35,20-26)41(48)58/h25-37,39-40,53-54,56-57,59H,11-20H2,1-10H3. The SMILES string of the molecule is CC(=O)OC1C2C(C)(C)C(OC(C)=O)CCC2(C)C2C(O)CC3CC2(C(=O)C3CCC2(O)C(=O)C34CC2CC(O)C3C2(C)CCC(OC(C)=O)C(C)(C)C2C(OC(C)=O)C4O)C1O. The first-order chi connectivity index (χ1) is 29.1. The van der Waals surface area contributed by atoms with E-state index in [1.54, 1.807) is 0 Å². The van der Waals surface area contributed by atoms with Crippen LogP contribution < -0.4 is 0 Å². The van der Waals surface area contributed by atoms with E-state index in [4.69, 9.17) is 18.9 Å². The number of fused-ring (bicyclic) bond motifs is 6. The molecule has 15 nitrogen and oxygen atoms in total. The summed E-state index contributed by atoms with van der Waals surface area (Å²) < 4.78 is 23.5. The van der Waals surface area contributed by atoms with Crippen molar-refractivity contribution < 1.29 is 73.2 Å². The van der Waals surface area contributed by atoms with Gasteiger partial charge in [0.1, 0.15) is 48.0 Å². The Morgan fingerprint density at radius 3 is 1.49 bits per heavy atom. The zero-order valence-electron chi connectivity index (χ0n) is 38.5. The molecule has 8 rings (SSSR count). The Morgan fingerprint density at radius 1 is 0.603 bits per heavy atom. The summed E-state index contributed by atoms with van der Waals surface area (Å²) in [5.74, 6) is -8.09. The topological polar surface area (TPSA) is 240 Å². The summed E-state index contributed by atoms with van der Waals surface area (Å²) in [5.41, 5.74) is -8.77. The Kier molecular flexibility index (Phi) is 10.9. The number of aliphatic hydroxyl groups excluding tert-OH is 4. The largest absolute Gasteiger partial charge is 0.462 e. The molecule has 0 aliphatic heterocycles. The molecule has 8 aliphatic carbocycles. The Hall–Kier alpha value is -2.98. The highest BCUT2D eigenvalue weighted by Gasteiger charge is 2.81. The van der Waals surface area contributed by atoms with Crippen molar-refractivity contribution in [1.29, 1.82) is 0 Å². The molecule has 0 heterocycles. The van der Waals surface area contributed by atoms with Crippen LogP contribution in [-0.4, -0.2) is 115 Å². The van der Waals surface area contributed by atoms with Crippen molar-refractivity contribution >= 4 is 35.4 Å². The molecule has 0 aromatic heterocycles. The summed E-state index contributed by atoms with van der Waals surface area (Å²) in [6.45, 7) is 16.6. The second-order valence-corrected chi connectivity index (χ2v) is 23.2. The Balaban J connectivity index is 1.13. The summed E-state index contributed by atoms with van der Waals surface area (Å²) in [4.78, 5) is 80.8. The van der Waals surface area contributed by atoms with Crippen LogP contribution in [0.2, 0.25) is 0 Å². The normalized spacial score (nSPS) is 51.1. The molecule has 352 valence electrons. The number of Topliss-reactive ketones (excluding diaryl/α,β-unsaturated/α-hetero) is 2. The molecule has 63 heavy (non-hydrogen) atoms. The second-order valence-electron chi connectivity index (χ2n) is 23.2. The van der Waals surface area contributed by atoms with Crippen LogP contribution >= 0.6 is 0 Å². The molecule has 8 aliphatic rings. The van der Waals surface area contributed by atoms with Gasteiger partial charge in [0.2, 0.25) is 0 Å². The van der Waals surface area contributed by atoms with Crippen molar-refractivity contribution in [2.24, 2.45) is 73.9 Å². The molecule has 8 fully saturated rings. The summed E-state index contributed by atoms with van der Waals surface area (Å²) in [6, 6.07) is 0. The number of aliphatic hydroxyl groups is 5. The van der Waals surface area contributed by atoms with Gasteiger partial charge in [0.05, 0.1) is 23.0 Å². The van der Waals surface area contributed by atoms with Crippen LogP contribution in [0.5, 0.6) is 0 Å². The predicted octanol–water partition coefficient (Wildman–Crippen LogP) is 3.39. The summed E-state index contributed by atoms with van der Waals surface area (Å²) in [6.07, 6.45) is -6.86. The minimum Gasteiger partial charge on any atom is -0.462 e. The molecule has 8 saturated carbocycles. The van der Waals surface area contributed by atoms with Crippen LogP contribution in [0.1, 0.15) is 133 Å². The maximum absolute atomic E-state index is 15.4. The van der Waals surface area contributed by atoms with E-state index < -0.39 is 158 Å². The van der Waals surface area contributed by atoms with Gasteiger partial charge in [-0.2, -0.15) is 0 Å². The fraction of sp³-hybridized carbons (Fsp3) is 0.875. The highest BCUT2D eigenvalue weighted by atomic mass is 16.6. The van der Waals surface area contributed by atoms with E-state index in [9.17, 15) is 44.7 Å². The van der Waals surface area contributed by atoms with Crippen LogP contribution in [0.15, 0.2) is 0 Å². The van der Waals surface area contributed by atoms with Crippen molar-refractivity contribution in [2.45, 2.75) is 188 Å². The van der Waals surface area contributed by atoms with Gasteiger partial charge < -0.3 is 44.5 Å². The van der Waals surface area contributed by atoms with Crippen LogP contribution in [0.3, 0.4) is 0 Å². The lowest BCUT2D eigenvalue weighted by Gasteiger charge is -2.67. The second kappa shape index (κ2) is 14.8. The number of carbonyl (C=O) groups is 6. The lowest BCUT2D eigenvalue weighted by atomic mass is 9.38. The zero-order chi connectivity index (χ0) is 46.5. The first-order valence-corrected chi connectivity index (χ1v) is 23.3. The van der Waals surface area contributed by atoms with Crippen molar-refractivity contribution in [3.63, 3.8) is 0 Å².